The Kier molecular flexibility index (Phi) is 5.83. The molecule has 0 heterocycles. The van der Waals surface area contributed by atoms with Crippen LogP contribution in [-0.2, 0) is 11.2 Å². The Morgan fingerprint density at radius 3 is 2.47 bits per heavy atom. The second-order valence-corrected chi connectivity index (χ2v) is 5.42. The molecule has 0 aromatic heterocycles. The van der Waals surface area contributed by atoms with Crippen molar-refractivity contribution in [1.82, 2.24) is 5.32 Å². The summed E-state index contributed by atoms with van der Waals surface area (Å²) in [6, 6.07) is 10.4. The summed E-state index contributed by atoms with van der Waals surface area (Å²) in [5.41, 5.74) is 6.81. The Hall–Kier alpha value is -1.06. The first kappa shape index (κ1) is 16.0. The number of benzene rings is 1. The maximum absolute atomic E-state index is 12.0. The number of amides is 1. The molecule has 1 atom stereocenters. The highest BCUT2D eigenvalue weighted by Crippen LogP contribution is 2.35. The number of halogens is 1. The van der Waals surface area contributed by atoms with Crippen LogP contribution in [0.25, 0.3) is 0 Å². The number of carbonyl (C=O) groups excluding carboxylic acids is 1. The van der Waals surface area contributed by atoms with Crippen LogP contribution in [0.4, 0.5) is 0 Å². The topological polar surface area (TPSA) is 55.1 Å². The van der Waals surface area contributed by atoms with Gasteiger partial charge in [0.1, 0.15) is 0 Å². The Balaban J connectivity index is 0.00000180. The van der Waals surface area contributed by atoms with Crippen LogP contribution in [0.15, 0.2) is 30.3 Å². The van der Waals surface area contributed by atoms with Crippen LogP contribution in [0, 0.1) is 5.92 Å². The lowest BCUT2D eigenvalue weighted by atomic mass is 9.72. The lowest BCUT2D eigenvalue weighted by Crippen LogP contribution is -2.56. The molecule has 0 aliphatic heterocycles. The van der Waals surface area contributed by atoms with Gasteiger partial charge in [-0.15, -0.1) is 12.4 Å². The van der Waals surface area contributed by atoms with Crippen LogP contribution < -0.4 is 11.1 Å². The fraction of sp³-hybridized carbons (Fsp3) is 0.533. The monoisotopic (exact) mass is 282 g/mol. The summed E-state index contributed by atoms with van der Waals surface area (Å²) in [5.74, 6) is -0.00798. The van der Waals surface area contributed by atoms with Gasteiger partial charge in [-0.3, -0.25) is 4.79 Å². The standard InChI is InChI=1S/C15H22N2O.ClH/c1-12(11-16)14(18)17-15(8-5-9-15)10-13-6-3-2-4-7-13;/h2-4,6-7,12H,5,8-11,16H2,1H3,(H,17,18);1H. The normalized spacial score (nSPS) is 17.8. The van der Waals surface area contributed by atoms with Gasteiger partial charge in [-0.2, -0.15) is 0 Å². The molecule has 0 spiro atoms. The summed E-state index contributed by atoms with van der Waals surface area (Å²) in [6.45, 7) is 2.29. The van der Waals surface area contributed by atoms with E-state index in [0.29, 0.717) is 6.54 Å². The Morgan fingerprint density at radius 2 is 2.00 bits per heavy atom. The van der Waals surface area contributed by atoms with Gasteiger partial charge >= 0.3 is 0 Å². The molecule has 0 saturated heterocycles. The zero-order valence-corrected chi connectivity index (χ0v) is 12.2. The molecule has 1 unspecified atom stereocenters. The van der Waals surface area contributed by atoms with Crippen LogP contribution in [0.3, 0.4) is 0 Å². The van der Waals surface area contributed by atoms with Gasteiger partial charge in [0.05, 0.1) is 0 Å². The van der Waals surface area contributed by atoms with Crippen molar-refractivity contribution in [3.05, 3.63) is 35.9 Å². The smallest absolute Gasteiger partial charge is 0.224 e. The molecule has 19 heavy (non-hydrogen) atoms. The van der Waals surface area contributed by atoms with E-state index in [0.717, 1.165) is 19.3 Å². The van der Waals surface area contributed by atoms with Gasteiger partial charge in [0, 0.05) is 18.0 Å². The largest absolute Gasteiger partial charge is 0.350 e. The Bertz CT molecular complexity index is 404. The van der Waals surface area contributed by atoms with E-state index in [1.807, 2.05) is 25.1 Å². The van der Waals surface area contributed by atoms with E-state index >= 15 is 0 Å². The van der Waals surface area contributed by atoms with Gasteiger partial charge in [-0.1, -0.05) is 37.3 Å². The van der Waals surface area contributed by atoms with Gasteiger partial charge in [-0.25, -0.2) is 0 Å². The van der Waals surface area contributed by atoms with Crippen LogP contribution in [0.2, 0.25) is 0 Å². The highest BCUT2D eigenvalue weighted by Gasteiger charge is 2.38. The van der Waals surface area contributed by atoms with Crippen LogP contribution in [-0.4, -0.2) is 18.0 Å². The number of carbonyl (C=O) groups is 1. The molecule has 1 aliphatic rings. The van der Waals surface area contributed by atoms with Crippen molar-refractivity contribution < 1.29 is 4.79 Å². The van der Waals surface area contributed by atoms with Gasteiger partial charge in [0.15, 0.2) is 0 Å². The van der Waals surface area contributed by atoms with Crippen LogP contribution >= 0.6 is 12.4 Å². The molecule has 4 heteroatoms. The number of nitrogens with two attached hydrogens (primary N) is 1. The van der Waals surface area contributed by atoms with Gasteiger partial charge in [0.25, 0.3) is 0 Å². The maximum atomic E-state index is 12.0. The zero-order chi connectivity index (χ0) is 13.0. The average molecular weight is 283 g/mol. The fourth-order valence-electron chi connectivity index (χ4n) is 2.43. The highest BCUT2D eigenvalue weighted by molar-refractivity contribution is 5.85. The maximum Gasteiger partial charge on any atom is 0.224 e. The lowest BCUT2D eigenvalue weighted by molar-refractivity contribution is -0.127. The van der Waals surface area contributed by atoms with E-state index in [1.54, 1.807) is 0 Å². The summed E-state index contributed by atoms with van der Waals surface area (Å²) in [6.07, 6.45) is 4.27. The summed E-state index contributed by atoms with van der Waals surface area (Å²) in [5, 5.41) is 3.21. The van der Waals surface area contributed by atoms with Crippen molar-refractivity contribution in [3.8, 4) is 0 Å². The number of hydrogen-bond acceptors (Lipinski definition) is 2. The van der Waals surface area contributed by atoms with Crippen molar-refractivity contribution in [2.24, 2.45) is 11.7 Å². The number of nitrogens with one attached hydrogen (secondary N) is 1. The zero-order valence-electron chi connectivity index (χ0n) is 11.4. The third kappa shape index (κ3) is 3.95. The minimum Gasteiger partial charge on any atom is -0.350 e. The molecule has 0 bridgehead atoms. The number of hydrogen-bond donors (Lipinski definition) is 2. The van der Waals surface area contributed by atoms with E-state index in [2.05, 4.69) is 17.4 Å². The van der Waals surface area contributed by atoms with Crippen LogP contribution in [0.1, 0.15) is 31.7 Å². The van der Waals surface area contributed by atoms with Gasteiger partial charge < -0.3 is 11.1 Å². The van der Waals surface area contributed by atoms with Crippen LogP contribution in [0.5, 0.6) is 0 Å². The molecule has 1 saturated carbocycles. The SMILES string of the molecule is CC(CN)C(=O)NC1(Cc2ccccc2)CCC1.Cl. The highest BCUT2D eigenvalue weighted by atomic mass is 35.5. The van der Waals surface area contributed by atoms with E-state index in [4.69, 9.17) is 5.73 Å². The van der Waals surface area contributed by atoms with E-state index < -0.39 is 0 Å². The molecule has 3 N–H and O–H groups in total. The molecule has 3 nitrogen and oxygen atoms in total. The minimum atomic E-state index is -0.0988. The van der Waals surface area contributed by atoms with Crippen molar-refractivity contribution in [1.29, 1.82) is 0 Å². The summed E-state index contributed by atoms with van der Waals surface area (Å²) in [7, 11) is 0. The van der Waals surface area contributed by atoms with E-state index in [-0.39, 0.29) is 29.8 Å². The second-order valence-electron chi connectivity index (χ2n) is 5.42. The molecular formula is C15H23ClN2O. The molecule has 0 radical (unpaired) electrons. The summed E-state index contributed by atoms with van der Waals surface area (Å²) in [4.78, 5) is 12.0. The first-order chi connectivity index (χ1) is 8.65. The molecule has 1 amide bonds. The Morgan fingerprint density at radius 1 is 1.37 bits per heavy atom. The van der Waals surface area contributed by atoms with Crippen molar-refractivity contribution in [2.45, 2.75) is 38.1 Å². The van der Waals surface area contributed by atoms with E-state index in [1.165, 1.54) is 12.0 Å². The molecule has 1 aromatic rings. The van der Waals surface area contributed by atoms with E-state index in [9.17, 15) is 4.79 Å². The molecule has 2 rings (SSSR count). The predicted octanol–water partition coefficient (Wildman–Crippen LogP) is 2.28. The lowest BCUT2D eigenvalue weighted by Gasteiger charge is -2.43. The first-order valence-corrected chi connectivity index (χ1v) is 6.71. The molecule has 1 fully saturated rings. The number of rotatable bonds is 5. The third-order valence-electron chi connectivity index (χ3n) is 3.89. The van der Waals surface area contributed by atoms with Crippen molar-refractivity contribution >= 4 is 18.3 Å². The van der Waals surface area contributed by atoms with Crippen molar-refractivity contribution in [2.75, 3.05) is 6.54 Å². The summed E-state index contributed by atoms with van der Waals surface area (Å²) < 4.78 is 0. The molecule has 106 valence electrons. The summed E-state index contributed by atoms with van der Waals surface area (Å²) >= 11 is 0. The second kappa shape index (κ2) is 6.92. The van der Waals surface area contributed by atoms with Gasteiger partial charge in [0.2, 0.25) is 5.91 Å². The molecular weight excluding hydrogens is 260 g/mol. The van der Waals surface area contributed by atoms with Gasteiger partial charge in [-0.05, 0) is 31.2 Å². The molecule has 1 aromatic carbocycles. The quantitative estimate of drug-likeness (QED) is 0.871. The minimum absolute atomic E-state index is 0. The fourth-order valence-corrected chi connectivity index (χ4v) is 2.43. The third-order valence-corrected chi connectivity index (χ3v) is 3.89. The Labute approximate surface area is 121 Å². The average Bonchev–Trinajstić information content (AvgIpc) is 2.36. The predicted molar refractivity (Wildman–Crippen MR) is 80.3 cm³/mol. The molecule has 1 aliphatic carbocycles. The van der Waals surface area contributed by atoms with Crippen molar-refractivity contribution in [3.63, 3.8) is 0 Å². The first-order valence-electron chi connectivity index (χ1n) is 6.71.